The van der Waals surface area contributed by atoms with Gasteiger partial charge in [-0.3, -0.25) is 0 Å². The minimum Gasteiger partial charge on any atom is -0.160 e. The van der Waals surface area contributed by atoms with Crippen molar-refractivity contribution in [1.29, 1.82) is 0 Å². The Kier molecular flexibility index (Phi) is 5.29. The standard InChI is InChI=1S/C15H14ClF3S/c16-13-9-8-12(14(10-13)20-15(17,18)19)7-6-11-4-2-1-3-5-11/h8-11H,1-5H2. The zero-order valence-electron chi connectivity index (χ0n) is 10.8. The summed E-state index contributed by atoms with van der Waals surface area (Å²) in [5, 5.41) is 0.292. The highest BCUT2D eigenvalue weighted by atomic mass is 35.5. The second kappa shape index (κ2) is 6.78. The van der Waals surface area contributed by atoms with Crippen molar-refractivity contribution in [2.75, 3.05) is 0 Å². The van der Waals surface area contributed by atoms with Crippen LogP contribution in [0.4, 0.5) is 13.2 Å². The van der Waals surface area contributed by atoms with E-state index in [4.69, 9.17) is 11.6 Å². The number of thioether (sulfide) groups is 1. The Morgan fingerprint density at radius 1 is 1.15 bits per heavy atom. The van der Waals surface area contributed by atoms with E-state index in [0.29, 0.717) is 16.5 Å². The molecule has 0 radical (unpaired) electrons. The molecule has 1 fully saturated rings. The molecule has 0 atom stereocenters. The van der Waals surface area contributed by atoms with Gasteiger partial charge in [-0.05, 0) is 42.8 Å². The molecule has 0 aromatic heterocycles. The van der Waals surface area contributed by atoms with Gasteiger partial charge < -0.3 is 0 Å². The Balaban J connectivity index is 2.20. The highest BCUT2D eigenvalue weighted by molar-refractivity contribution is 8.00. The Bertz CT molecular complexity index is 522. The van der Waals surface area contributed by atoms with Gasteiger partial charge in [-0.15, -0.1) is 0 Å². The van der Waals surface area contributed by atoms with Crippen LogP contribution in [0.25, 0.3) is 0 Å². The van der Waals surface area contributed by atoms with Crippen LogP contribution >= 0.6 is 23.4 Å². The van der Waals surface area contributed by atoms with Crippen molar-refractivity contribution in [1.82, 2.24) is 0 Å². The first kappa shape index (κ1) is 15.6. The summed E-state index contributed by atoms with van der Waals surface area (Å²) in [5.74, 6) is 6.32. The molecule has 0 nitrogen and oxygen atoms in total. The van der Waals surface area contributed by atoms with Gasteiger partial charge in [0, 0.05) is 21.4 Å². The van der Waals surface area contributed by atoms with E-state index in [1.54, 1.807) is 12.1 Å². The van der Waals surface area contributed by atoms with E-state index >= 15 is 0 Å². The summed E-state index contributed by atoms with van der Waals surface area (Å²) in [4.78, 5) is 0.0771. The van der Waals surface area contributed by atoms with Crippen molar-refractivity contribution in [3.8, 4) is 11.8 Å². The molecule has 20 heavy (non-hydrogen) atoms. The highest BCUT2D eigenvalue weighted by Gasteiger charge is 2.30. The molecule has 1 aliphatic carbocycles. The van der Waals surface area contributed by atoms with Crippen LogP contribution < -0.4 is 0 Å². The molecule has 1 aliphatic rings. The van der Waals surface area contributed by atoms with Gasteiger partial charge in [0.25, 0.3) is 0 Å². The fraction of sp³-hybridized carbons (Fsp3) is 0.467. The minimum absolute atomic E-state index is 0.0771. The lowest BCUT2D eigenvalue weighted by molar-refractivity contribution is -0.0328. The molecule has 2 rings (SSSR count). The monoisotopic (exact) mass is 318 g/mol. The second-order valence-electron chi connectivity index (χ2n) is 4.79. The molecular formula is C15H14ClF3S. The fourth-order valence-electron chi connectivity index (χ4n) is 2.24. The van der Waals surface area contributed by atoms with Crippen LogP contribution in [0.3, 0.4) is 0 Å². The Morgan fingerprint density at radius 2 is 1.85 bits per heavy atom. The van der Waals surface area contributed by atoms with Crippen molar-refractivity contribution < 1.29 is 13.2 Å². The Hall–Kier alpha value is -0.790. The number of benzene rings is 1. The number of hydrogen-bond acceptors (Lipinski definition) is 1. The zero-order valence-corrected chi connectivity index (χ0v) is 12.3. The smallest absolute Gasteiger partial charge is 0.160 e. The average Bonchev–Trinajstić information content (AvgIpc) is 2.37. The van der Waals surface area contributed by atoms with Gasteiger partial charge in [0.2, 0.25) is 0 Å². The molecule has 0 saturated heterocycles. The van der Waals surface area contributed by atoms with E-state index in [1.165, 1.54) is 12.5 Å². The maximum Gasteiger partial charge on any atom is 0.446 e. The topological polar surface area (TPSA) is 0 Å². The van der Waals surface area contributed by atoms with Crippen LogP contribution in [0.15, 0.2) is 23.1 Å². The van der Waals surface area contributed by atoms with Gasteiger partial charge in [0.15, 0.2) is 0 Å². The van der Waals surface area contributed by atoms with Crippen LogP contribution in [0.1, 0.15) is 37.7 Å². The molecule has 108 valence electrons. The number of hydrogen-bond donors (Lipinski definition) is 0. The first-order valence-electron chi connectivity index (χ1n) is 6.51. The normalized spacial score (nSPS) is 16.6. The highest BCUT2D eigenvalue weighted by Crippen LogP contribution is 2.39. The molecule has 0 amide bonds. The van der Waals surface area contributed by atoms with Gasteiger partial charge in [0.05, 0.1) is 0 Å². The lowest BCUT2D eigenvalue weighted by Crippen LogP contribution is -2.03. The fourth-order valence-corrected chi connectivity index (χ4v) is 3.14. The van der Waals surface area contributed by atoms with Crippen molar-refractivity contribution in [3.05, 3.63) is 28.8 Å². The van der Waals surface area contributed by atoms with Crippen LogP contribution in [-0.2, 0) is 0 Å². The van der Waals surface area contributed by atoms with Gasteiger partial charge in [-0.1, -0.05) is 42.7 Å². The predicted octanol–water partition coefficient (Wildman–Crippen LogP) is 5.88. The SMILES string of the molecule is FC(F)(F)Sc1cc(Cl)ccc1C#CC1CCCCC1. The van der Waals surface area contributed by atoms with Gasteiger partial charge in [0.1, 0.15) is 0 Å². The molecule has 0 unspecified atom stereocenters. The maximum atomic E-state index is 12.5. The van der Waals surface area contributed by atoms with E-state index in [0.717, 1.165) is 25.7 Å². The summed E-state index contributed by atoms with van der Waals surface area (Å²) < 4.78 is 37.6. The predicted molar refractivity (Wildman–Crippen MR) is 76.8 cm³/mol. The largest absolute Gasteiger partial charge is 0.446 e. The molecule has 1 aromatic carbocycles. The minimum atomic E-state index is -4.33. The number of alkyl halides is 3. The number of halogens is 4. The molecule has 0 heterocycles. The van der Waals surface area contributed by atoms with E-state index in [-0.39, 0.29) is 16.7 Å². The van der Waals surface area contributed by atoms with Crippen molar-refractivity contribution in [3.63, 3.8) is 0 Å². The van der Waals surface area contributed by atoms with Crippen LogP contribution in [0.5, 0.6) is 0 Å². The molecule has 1 aromatic rings. The Labute approximate surface area is 126 Å². The van der Waals surface area contributed by atoms with Gasteiger partial charge >= 0.3 is 5.51 Å². The van der Waals surface area contributed by atoms with Gasteiger partial charge in [-0.2, -0.15) is 13.2 Å². The van der Waals surface area contributed by atoms with Crippen LogP contribution in [0, 0.1) is 17.8 Å². The van der Waals surface area contributed by atoms with Crippen molar-refractivity contribution >= 4 is 23.4 Å². The first-order valence-corrected chi connectivity index (χ1v) is 7.70. The van der Waals surface area contributed by atoms with E-state index in [2.05, 4.69) is 11.8 Å². The molecule has 0 N–H and O–H groups in total. The molecule has 1 saturated carbocycles. The summed E-state index contributed by atoms with van der Waals surface area (Å²) in [6, 6.07) is 4.46. The molecule has 5 heteroatoms. The second-order valence-corrected chi connectivity index (χ2v) is 6.34. The lowest BCUT2D eigenvalue weighted by atomic mass is 9.90. The quantitative estimate of drug-likeness (QED) is 0.460. The summed E-state index contributed by atoms with van der Waals surface area (Å²) in [5.41, 5.74) is -3.92. The van der Waals surface area contributed by atoms with E-state index < -0.39 is 5.51 Å². The maximum absolute atomic E-state index is 12.5. The molecule has 0 bridgehead atoms. The molecular weight excluding hydrogens is 305 g/mol. The van der Waals surface area contributed by atoms with Gasteiger partial charge in [-0.25, -0.2) is 0 Å². The molecule has 0 aliphatic heterocycles. The third-order valence-corrected chi connectivity index (χ3v) is 4.21. The molecule has 0 spiro atoms. The van der Waals surface area contributed by atoms with Crippen molar-refractivity contribution in [2.45, 2.75) is 42.5 Å². The zero-order chi connectivity index (χ0) is 14.6. The number of rotatable bonds is 1. The summed E-state index contributed by atoms with van der Waals surface area (Å²) >= 11 is 5.61. The third-order valence-electron chi connectivity index (χ3n) is 3.19. The summed E-state index contributed by atoms with van der Waals surface area (Å²) in [7, 11) is 0. The summed E-state index contributed by atoms with van der Waals surface area (Å²) in [6.45, 7) is 0. The lowest BCUT2D eigenvalue weighted by Gasteiger charge is -2.15. The summed E-state index contributed by atoms with van der Waals surface area (Å²) in [6.07, 6.45) is 5.63. The first-order chi connectivity index (χ1) is 9.44. The third kappa shape index (κ3) is 4.96. The van der Waals surface area contributed by atoms with E-state index in [1.807, 2.05) is 0 Å². The Morgan fingerprint density at radius 3 is 2.50 bits per heavy atom. The van der Waals surface area contributed by atoms with E-state index in [9.17, 15) is 13.2 Å². The van der Waals surface area contributed by atoms with Crippen LogP contribution in [0.2, 0.25) is 5.02 Å². The van der Waals surface area contributed by atoms with Crippen molar-refractivity contribution in [2.24, 2.45) is 5.92 Å². The van der Waals surface area contributed by atoms with Crippen LogP contribution in [-0.4, -0.2) is 5.51 Å². The average molecular weight is 319 g/mol.